The number of benzene rings is 2. The van der Waals surface area contributed by atoms with E-state index in [1.54, 1.807) is 0 Å². The molecular formula is C25H25ClN2O7S2. The lowest BCUT2D eigenvalue weighted by Crippen LogP contribution is -2.38. The van der Waals surface area contributed by atoms with Crippen LogP contribution in [0.5, 0.6) is 11.5 Å². The van der Waals surface area contributed by atoms with Crippen LogP contribution in [0.3, 0.4) is 0 Å². The van der Waals surface area contributed by atoms with Crippen molar-refractivity contribution in [1.82, 2.24) is 0 Å². The predicted molar refractivity (Wildman–Crippen MR) is 142 cm³/mol. The van der Waals surface area contributed by atoms with E-state index in [0.29, 0.717) is 21.3 Å². The quantitative estimate of drug-likeness (QED) is 0.380. The Kier molecular flexibility index (Phi) is 7.96. The van der Waals surface area contributed by atoms with E-state index < -0.39 is 28.4 Å². The number of hydrogen-bond donors (Lipinski definition) is 1. The van der Waals surface area contributed by atoms with Gasteiger partial charge < -0.3 is 19.5 Å². The number of hydrogen-bond acceptors (Lipinski definition) is 8. The number of esters is 1. The van der Waals surface area contributed by atoms with Gasteiger partial charge in [-0.05, 0) is 61.2 Å². The predicted octanol–water partition coefficient (Wildman–Crippen LogP) is 4.53. The van der Waals surface area contributed by atoms with Crippen molar-refractivity contribution in [3.63, 3.8) is 0 Å². The fourth-order valence-electron chi connectivity index (χ4n) is 4.13. The molecule has 1 heterocycles. The molecule has 0 saturated heterocycles. The maximum atomic E-state index is 13.8. The van der Waals surface area contributed by atoms with Gasteiger partial charge in [0, 0.05) is 16.0 Å². The van der Waals surface area contributed by atoms with Gasteiger partial charge >= 0.3 is 5.97 Å². The number of sulfonamides is 1. The highest BCUT2D eigenvalue weighted by Gasteiger charge is 2.31. The molecule has 1 aliphatic carbocycles. The van der Waals surface area contributed by atoms with Gasteiger partial charge in [-0.1, -0.05) is 11.6 Å². The average Bonchev–Trinajstić information content (AvgIpc) is 3.47. The Morgan fingerprint density at radius 2 is 1.73 bits per heavy atom. The van der Waals surface area contributed by atoms with Crippen molar-refractivity contribution < 1.29 is 32.2 Å². The zero-order valence-corrected chi connectivity index (χ0v) is 22.8. The summed E-state index contributed by atoms with van der Waals surface area (Å²) in [4.78, 5) is 26.6. The Labute approximate surface area is 224 Å². The van der Waals surface area contributed by atoms with E-state index in [9.17, 15) is 18.0 Å². The highest BCUT2D eigenvalue weighted by molar-refractivity contribution is 7.92. The number of fused-ring (bicyclic) bond motifs is 1. The summed E-state index contributed by atoms with van der Waals surface area (Å²) in [7, 11) is -0.109. The van der Waals surface area contributed by atoms with Crippen LogP contribution in [0.25, 0.3) is 0 Å². The molecule has 0 fully saturated rings. The van der Waals surface area contributed by atoms with Crippen molar-refractivity contribution in [3.8, 4) is 11.5 Å². The summed E-state index contributed by atoms with van der Waals surface area (Å²) in [5.41, 5.74) is 1.44. The summed E-state index contributed by atoms with van der Waals surface area (Å²) >= 11 is 7.32. The number of methoxy groups -OCH3 is 3. The Balaban J connectivity index is 1.69. The summed E-state index contributed by atoms with van der Waals surface area (Å²) in [6, 6.07) is 10.3. The standard InChI is InChI=1S/C25H25ClN2O7S2/c1-33-19-12-11-17(13-20(19)34-2)37(31,32)28(16-9-7-15(26)8-10-16)14-22(29)27-24-23(25(30)35-3)18-5-4-6-21(18)36-24/h7-13H,4-6,14H2,1-3H3,(H,27,29). The minimum absolute atomic E-state index is 0.0988. The first kappa shape index (κ1) is 26.8. The van der Waals surface area contributed by atoms with Gasteiger partial charge in [-0.15, -0.1) is 11.3 Å². The third-order valence-electron chi connectivity index (χ3n) is 5.91. The van der Waals surface area contributed by atoms with Crippen molar-refractivity contribution in [3.05, 3.63) is 63.5 Å². The zero-order valence-electron chi connectivity index (χ0n) is 20.4. The molecule has 37 heavy (non-hydrogen) atoms. The third-order valence-corrected chi connectivity index (χ3v) is 9.14. The first-order valence-electron chi connectivity index (χ1n) is 11.2. The molecule has 0 atom stereocenters. The Hall–Kier alpha value is -3.28. The number of aryl methyl sites for hydroxylation is 1. The molecule has 196 valence electrons. The van der Waals surface area contributed by atoms with E-state index in [1.807, 2.05) is 0 Å². The number of rotatable bonds is 9. The van der Waals surface area contributed by atoms with Crippen LogP contribution in [0.2, 0.25) is 5.02 Å². The van der Waals surface area contributed by atoms with Crippen molar-refractivity contribution in [1.29, 1.82) is 0 Å². The molecule has 4 rings (SSSR count). The number of halogens is 1. The second-order valence-electron chi connectivity index (χ2n) is 8.11. The Bertz CT molecular complexity index is 1440. The van der Waals surface area contributed by atoms with E-state index in [4.69, 9.17) is 25.8 Å². The average molecular weight is 565 g/mol. The van der Waals surface area contributed by atoms with Gasteiger partial charge in [0.2, 0.25) is 5.91 Å². The van der Waals surface area contributed by atoms with Crippen LogP contribution in [0.15, 0.2) is 47.4 Å². The van der Waals surface area contributed by atoms with Gasteiger partial charge in [0.1, 0.15) is 11.5 Å². The SMILES string of the molecule is COC(=O)c1c(NC(=O)CN(c2ccc(Cl)cc2)S(=O)(=O)c2ccc(OC)c(OC)c2)sc2c1CCC2. The van der Waals surface area contributed by atoms with E-state index in [-0.39, 0.29) is 16.3 Å². The van der Waals surface area contributed by atoms with Crippen LogP contribution in [0.1, 0.15) is 27.2 Å². The van der Waals surface area contributed by atoms with Crippen LogP contribution < -0.4 is 19.1 Å². The third kappa shape index (κ3) is 5.39. The molecule has 0 bridgehead atoms. The molecule has 0 unspecified atom stereocenters. The summed E-state index contributed by atoms with van der Waals surface area (Å²) in [6.07, 6.45) is 2.45. The first-order valence-corrected chi connectivity index (χ1v) is 13.9. The minimum atomic E-state index is -4.23. The van der Waals surface area contributed by atoms with Gasteiger partial charge in [0.25, 0.3) is 10.0 Å². The molecule has 1 aliphatic rings. The number of amides is 1. The molecule has 2 aromatic carbocycles. The van der Waals surface area contributed by atoms with Gasteiger partial charge in [-0.3, -0.25) is 9.10 Å². The maximum absolute atomic E-state index is 13.8. The van der Waals surface area contributed by atoms with E-state index >= 15 is 0 Å². The molecule has 0 aliphatic heterocycles. The highest BCUT2D eigenvalue weighted by Crippen LogP contribution is 2.39. The van der Waals surface area contributed by atoms with Crippen LogP contribution in [0, 0.1) is 0 Å². The largest absolute Gasteiger partial charge is 0.493 e. The molecule has 1 N–H and O–H groups in total. The number of ether oxygens (including phenoxy) is 3. The monoisotopic (exact) mass is 564 g/mol. The van der Waals surface area contributed by atoms with E-state index in [0.717, 1.165) is 34.0 Å². The smallest absolute Gasteiger partial charge is 0.341 e. The lowest BCUT2D eigenvalue weighted by molar-refractivity contribution is -0.114. The van der Waals surface area contributed by atoms with Crippen LogP contribution in [-0.2, 0) is 32.4 Å². The number of thiophene rings is 1. The van der Waals surface area contributed by atoms with Gasteiger partial charge in [0.05, 0.1) is 37.5 Å². The normalized spacial score (nSPS) is 12.5. The number of nitrogens with zero attached hydrogens (tertiary/aromatic N) is 1. The highest BCUT2D eigenvalue weighted by atomic mass is 35.5. The second-order valence-corrected chi connectivity index (χ2v) is 11.5. The molecule has 0 radical (unpaired) electrons. The van der Waals surface area contributed by atoms with Crippen LogP contribution in [0.4, 0.5) is 10.7 Å². The molecule has 1 aromatic heterocycles. The van der Waals surface area contributed by atoms with Crippen molar-refractivity contribution >= 4 is 55.5 Å². The van der Waals surface area contributed by atoms with Crippen molar-refractivity contribution in [2.24, 2.45) is 0 Å². The molecule has 0 spiro atoms. The number of nitrogens with one attached hydrogen (secondary N) is 1. The minimum Gasteiger partial charge on any atom is -0.493 e. The van der Waals surface area contributed by atoms with E-state index in [2.05, 4.69) is 5.32 Å². The Morgan fingerprint density at radius 1 is 1.03 bits per heavy atom. The lowest BCUT2D eigenvalue weighted by atomic mass is 10.1. The lowest BCUT2D eigenvalue weighted by Gasteiger charge is -2.24. The molecule has 0 saturated carbocycles. The fraction of sp³-hybridized carbons (Fsp3) is 0.280. The van der Waals surface area contributed by atoms with Gasteiger partial charge in [-0.2, -0.15) is 0 Å². The van der Waals surface area contributed by atoms with Crippen molar-refractivity contribution in [2.75, 3.05) is 37.5 Å². The summed E-state index contributed by atoms with van der Waals surface area (Å²) in [5, 5.41) is 3.49. The van der Waals surface area contributed by atoms with Crippen molar-refractivity contribution in [2.45, 2.75) is 24.2 Å². The van der Waals surface area contributed by atoms with Crippen LogP contribution in [-0.4, -0.2) is 48.2 Å². The summed E-state index contributed by atoms with van der Waals surface area (Å²) in [5.74, 6) is -0.579. The topological polar surface area (TPSA) is 111 Å². The van der Waals surface area contributed by atoms with E-state index in [1.165, 1.54) is 75.1 Å². The second kappa shape index (κ2) is 11.0. The number of carbonyl (C=O) groups excluding carboxylic acids is 2. The maximum Gasteiger partial charge on any atom is 0.341 e. The molecular weight excluding hydrogens is 540 g/mol. The summed E-state index contributed by atoms with van der Waals surface area (Å²) < 4.78 is 43.9. The fourth-order valence-corrected chi connectivity index (χ4v) is 6.99. The van der Waals surface area contributed by atoms with Gasteiger partial charge in [0.15, 0.2) is 11.5 Å². The molecule has 1 amide bonds. The zero-order chi connectivity index (χ0) is 26.7. The van der Waals surface area contributed by atoms with Crippen LogP contribution >= 0.6 is 22.9 Å². The molecule has 3 aromatic rings. The summed E-state index contributed by atoms with van der Waals surface area (Å²) in [6.45, 7) is -0.554. The Morgan fingerprint density at radius 3 is 2.38 bits per heavy atom. The molecule has 9 nitrogen and oxygen atoms in total. The number of carbonyl (C=O) groups is 2. The van der Waals surface area contributed by atoms with Gasteiger partial charge in [-0.25, -0.2) is 13.2 Å². The first-order chi connectivity index (χ1) is 17.7. The number of anilines is 2. The molecule has 12 heteroatoms.